The van der Waals surface area contributed by atoms with Gasteiger partial charge in [-0.05, 0) is 38.0 Å². The van der Waals surface area contributed by atoms with Crippen LogP contribution in [0.4, 0.5) is 4.39 Å². The summed E-state index contributed by atoms with van der Waals surface area (Å²) in [6, 6.07) is 8.78. The largest absolute Gasteiger partial charge is 0.353 e. The van der Waals surface area contributed by atoms with Gasteiger partial charge in [-0.15, -0.1) is 0 Å². The highest BCUT2D eigenvalue weighted by Crippen LogP contribution is 2.24. The fourth-order valence-electron chi connectivity index (χ4n) is 4.49. The van der Waals surface area contributed by atoms with Gasteiger partial charge in [0.1, 0.15) is 5.82 Å². The number of piperidine rings is 1. The first-order valence-corrected chi connectivity index (χ1v) is 11.0. The molecule has 0 saturated carbocycles. The Bertz CT molecular complexity index is 951. The summed E-state index contributed by atoms with van der Waals surface area (Å²) in [4.78, 5) is 28.5. The molecule has 2 fully saturated rings. The summed E-state index contributed by atoms with van der Waals surface area (Å²) in [5, 5.41) is 7.64. The monoisotopic (exact) mass is 427 g/mol. The number of carbonyl (C=O) groups excluding carboxylic acids is 2. The van der Waals surface area contributed by atoms with E-state index in [2.05, 4.69) is 15.3 Å². The molecule has 1 aromatic carbocycles. The predicted octanol–water partition coefficient (Wildman–Crippen LogP) is 2.18. The third kappa shape index (κ3) is 4.79. The third-order valence-electron chi connectivity index (χ3n) is 6.41. The molecule has 2 saturated heterocycles. The minimum Gasteiger partial charge on any atom is -0.353 e. The molecule has 1 N–H and O–H groups in total. The number of hydrogen-bond acceptors (Lipinski definition) is 4. The van der Waals surface area contributed by atoms with Crippen LogP contribution in [-0.2, 0) is 23.2 Å². The molecule has 1 atom stereocenters. The zero-order valence-electron chi connectivity index (χ0n) is 18.2. The number of amides is 2. The van der Waals surface area contributed by atoms with Crippen molar-refractivity contribution in [3.63, 3.8) is 0 Å². The Kier molecular flexibility index (Phi) is 6.36. The number of aryl methyl sites for hydroxylation is 1. The molecule has 2 aliphatic heterocycles. The van der Waals surface area contributed by atoms with Gasteiger partial charge in [-0.25, -0.2) is 4.39 Å². The Balaban J connectivity index is 1.29. The number of carbonyl (C=O) groups is 2. The second-order valence-corrected chi connectivity index (χ2v) is 8.52. The van der Waals surface area contributed by atoms with Crippen molar-refractivity contribution in [1.82, 2.24) is 24.9 Å². The van der Waals surface area contributed by atoms with Gasteiger partial charge in [-0.1, -0.05) is 12.1 Å². The van der Waals surface area contributed by atoms with Gasteiger partial charge in [0.25, 0.3) is 0 Å². The van der Waals surface area contributed by atoms with Crippen LogP contribution < -0.4 is 5.32 Å². The molecule has 2 aliphatic rings. The summed E-state index contributed by atoms with van der Waals surface area (Å²) in [6.07, 6.45) is 2.08. The van der Waals surface area contributed by atoms with E-state index in [1.165, 1.54) is 6.07 Å². The normalized spacial score (nSPS) is 20.4. The summed E-state index contributed by atoms with van der Waals surface area (Å²) < 4.78 is 15.9. The van der Waals surface area contributed by atoms with Gasteiger partial charge in [-0.3, -0.25) is 19.2 Å². The van der Waals surface area contributed by atoms with Crippen molar-refractivity contribution in [2.75, 3.05) is 26.2 Å². The molecule has 0 unspecified atom stereocenters. The highest BCUT2D eigenvalue weighted by molar-refractivity contribution is 5.89. The lowest BCUT2D eigenvalue weighted by atomic mass is 10.0. The first kappa shape index (κ1) is 21.5. The van der Waals surface area contributed by atoms with Gasteiger partial charge < -0.3 is 10.2 Å². The average Bonchev–Trinajstić information content (AvgIpc) is 3.32. The van der Waals surface area contributed by atoms with Gasteiger partial charge >= 0.3 is 0 Å². The average molecular weight is 428 g/mol. The zero-order valence-corrected chi connectivity index (χ0v) is 18.2. The molecular formula is C23H30FN5O2. The maximum absolute atomic E-state index is 14.1. The van der Waals surface area contributed by atoms with Crippen LogP contribution in [0.2, 0.25) is 0 Å². The highest BCUT2D eigenvalue weighted by atomic mass is 19.1. The van der Waals surface area contributed by atoms with Crippen molar-refractivity contribution in [2.24, 2.45) is 13.0 Å². The summed E-state index contributed by atoms with van der Waals surface area (Å²) >= 11 is 0. The Morgan fingerprint density at radius 3 is 2.68 bits per heavy atom. The molecule has 1 aromatic heterocycles. The quantitative estimate of drug-likeness (QED) is 0.767. The van der Waals surface area contributed by atoms with Crippen LogP contribution in [0.1, 0.15) is 31.9 Å². The van der Waals surface area contributed by atoms with Crippen LogP contribution in [0.15, 0.2) is 30.3 Å². The van der Waals surface area contributed by atoms with Gasteiger partial charge in [-0.2, -0.15) is 5.10 Å². The Morgan fingerprint density at radius 2 is 2.00 bits per heavy atom. The van der Waals surface area contributed by atoms with E-state index >= 15 is 0 Å². The number of aromatic nitrogens is 2. The third-order valence-corrected chi connectivity index (χ3v) is 6.41. The lowest BCUT2D eigenvalue weighted by molar-refractivity contribution is -0.129. The second-order valence-electron chi connectivity index (χ2n) is 8.52. The number of benzene rings is 1. The summed E-state index contributed by atoms with van der Waals surface area (Å²) in [7, 11) is 1.88. The number of likely N-dealkylation sites (tertiary alicyclic amines) is 2. The molecule has 2 amide bonds. The molecule has 166 valence electrons. The Labute approximate surface area is 182 Å². The van der Waals surface area contributed by atoms with E-state index in [9.17, 15) is 14.0 Å². The summed E-state index contributed by atoms with van der Waals surface area (Å²) in [5.41, 5.74) is 2.19. The maximum Gasteiger partial charge on any atom is 0.225 e. The van der Waals surface area contributed by atoms with E-state index in [1.807, 2.05) is 30.8 Å². The van der Waals surface area contributed by atoms with Gasteiger partial charge in [0.2, 0.25) is 11.8 Å². The second kappa shape index (κ2) is 9.18. The van der Waals surface area contributed by atoms with Crippen molar-refractivity contribution in [1.29, 1.82) is 0 Å². The van der Waals surface area contributed by atoms with Crippen LogP contribution >= 0.6 is 0 Å². The lowest BCUT2D eigenvalue weighted by Gasteiger charge is -2.32. The smallest absolute Gasteiger partial charge is 0.225 e. The number of nitrogens with zero attached hydrogens (tertiary/aromatic N) is 4. The number of nitrogens with one attached hydrogen (secondary N) is 1. The SMILES string of the molecule is CCN1C[C@@H](C(=O)NC2CCN(Cc3cc(-c4ccccc4F)nn3C)CC2)CC1=O. The summed E-state index contributed by atoms with van der Waals surface area (Å²) in [6.45, 7) is 5.61. The lowest BCUT2D eigenvalue weighted by Crippen LogP contribution is -2.46. The maximum atomic E-state index is 14.1. The van der Waals surface area contributed by atoms with Crippen LogP contribution in [0.25, 0.3) is 11.3 Å². The zero-order chi connectivity index (χ0) is 22.0. The number of hydrogen-bond donors (Lipinski definition) is 1. The van der Waals surface area contributed by atoms with Gasteiger partial charge in [0.05, 0.1) is 17.3 Å². The number of rotatable bonds is 6. The molecule has 7 nitrogen and oxygen atoms in total. The van der Waals surface area contributed by atoms with Crippen molar-refractivity contribution >= 4 is 11.8 Å². The van der Waals surface area contributed by atoms with E-state index in [4.69, 9.17) is 0 Å². The molecule has 0 aliphatic carbocycles. The summed E-state index contributed by atoms with van der Waals surface area (Å²) in [5.74, 6) is -0.418. The number of halogens is 1. The van der Waals surface area contributed by atoms with Crippen LogP contribution in [-0.4, -0.2) is 63.6 Å². The van der Waals surface area contributed by atoms with E-state index in [0.717, 1.165) is 38.2 Å². The molecule has 0 radical (unpaired) electrons. The molecule has 31 heavy (non-hydrogen) atoms. The van der Waals surface area contributed by atoms with Crippen LogP contribution in [0, 0.1) is 11.7 Å². The molecule has 8 heteroatoms. The topological polar surface area (TPSA) is 70.5 Å². The van der Waals surface area contributed by atoms with Crippen molar-refractivity contribution in [3.05, 3.63) is 41.8 Å². The van der Waals surface area contributed by atoms with E-state index in [-0.39, 0.29) is 29.6 Å². The Morgan fingerprint density at radius 1 is 1.26 bits per heavy atom. The van der Waals surface area contributed by atoms with Crippen molar-refractivity contribution < 1.29 is 14.0 Å². The van der Waals surface area contributed by atoms with Gasteiger partial charge in [0.15, 0.2) is 0 Å². The highest BCUT2D eigenvalue weighted by Gasteiger charge is 2.34. The molecule has 2 aromatic rings. The van der Waals surface area contributed by atoms with Gasteiger partial charge in [0, 0.05) is 57.8 Å². The minimum atomic E-state index is -0.269. The molecule has 0 spiro atoms. The van der Waals surface area contributed by atoms with Crippen LogP contribution in [0.3, 0.4) is 0 Å². The minimum absolute atomic E-state index is 0.00362. The predicted molar refractivity (Wildman–Crippen MR) is 115 cm³/mol. The standard InChI is InChI=1S/C23H30FN5O2/c1-3-29-14-16(12-22(29)30)23(31)25-17-8-10-28(11-9-17)15-18-13-21(26-27(18)2)19-6-4-5-7-20(19)24/h4-7,13,16-17H,3,8-12,14-15H2,1-2H3,(H,25,31)/t16-/m0/s1. The van der Waals surface area contributed by atoms with E-state index in [1.54, 1.807) is 17.0 Å². The fraction of sp³-hybridized carbons (Fsp3) is 0.522. The fourth-order valence-corrected chi connectivity index (χ4v) is 4.49. The van der Waals surface area contributed by atoms with E-state index in [0.29, 0.717) is 30.8 Å². The molecular weight excluding hydrogens is 397 g/mol. The van der Waals surface area contributed by atoms with E-state index < -0.39 is 0 Å². The molecule has 3 heterocycles. The van der Waals surface area contributed by atoms with Crippen molar-refractivity contribution in [2.45, 2.75) is 38.8 Å². The van der Waals surface area contributed by atoms with Crippen LogP contribution in [0.5, 0.6) is 0 Å². The van der Waals surface area contributed by atoms with Crippen molar-refractivity contribution in [3.8, 4) is 11.3 Å². The first-order chi connectivity index (χ1) is 14.9. The molecule has 0 bridgehead atoms. The Hall–Kier alpha value is -2.74. The first-order valence-electron chi connectivity index (χ1n) is 11.0. The molecule has 4 rings (SSSR count).